The van der Waals surface area contributed by atoms with Crippen molar-refractivity contribution in [1.82, 2.24) is 0 Å². The minimum absolute atomic E-state index is 0.0386. The van der Waals surface area contributed by atoms with E-state index in [9.17, 15) is 4.79 Å². The average Bonchev–Trinajstić information content (AvgIpc) is 2.79. The van der Waals surface area contributed by atoms with Crippen LogP contribution >= 0.6 is 0 Å². The molecule has 0 bridgehead atoms. The molecule has 1 aliphatic heterocycles. The van der Waals surface area contributed by atoms with Crippen LogP contribution in [-0.2, 0) is 4.74 Å². The number of hydrogen-bond donors (Lipinski definition) is 0. The summed E-state index contributed by atoms with van der Waals surface area (Å²) in [7, 11) is 1.60. The molecule has 0 N–H and O–H groups in total. The van der Waals surface area contributed by atoms with Gasteiger partial charge >= 0.3 is 0 Å². The third kappa shape index (κ3) is 4.41. The number of hydrogen-bond acceptors (Lipinski definition) is 5. The zero-order valence-electron chi connectivity index (χ0n) is 17.4. The van der Waals surface area contributed by atoms with Crippen LogP contribution in [0.2, 0.25) is 0 Å². The number of rotatable bonds is 7. The molecule has 3 aromatic rings. The molecule has 4 rings (SSSR count). The Labute approximate surface area is 176 Å². The molecule has 1 saturated heterocycles. The van der Waals surface area contributed by atoms with E-state index in [0.717, 1.165) is 48.0 Å². The van der Waals surface area contributed by atoms with E-state index in [-0.39, 0.29) is 18.7 Å². The van der Waals surface area contributed by atoms with Crippen LogP contribution in [0.4, 0.5) is 0 Å². The van der Waals surface area contributed by atoms with Crippen LogP contribution in [0.3, 0.4) is 0 Å². The van der Waals surface area contributed by atoms with Gasteiger partial charge in [-0.1, -0.05) is 24.3 Å². The molecule has 5 nitrogen and oxygen atoms in total. The molecule has 0 aromatic heterocycles. The molecule has 5 heteroatoms. The number of Topliss-reactive ketones (excluding diaryl/α,β-unsaturated/α-hetero) is 1. The number of benzene rings is 3. The largest absolute Gasteiger partial charge is 0.497 e. The van der Waals surface area contributed by atoms with E-state index in [1.54, 1.807) is 31.4 Å². The summed E-state index contributed by atoms with van der Waals surface area (Å²) in [5.41, 5.74) is 1.51. The molecule has 1 atom stereocenters. The lowest BCUT2D eigenvalue weighted by molar-refractivity contribution is -0.105. The van der Waals surface area contributed by atoms with E-state index in [2.05, 4.69) is 0 Å². The first-order valence-corrected chi connectivity index (χ1v) is 10.3. The number of ether oxygens (including phenoxy) is 4. The molecule has 1 aliphatic rings. The third-order valence-corrected chi connectivity index (χ3v) is 5.30. The van der Waals surface area contributed by atoms with E-state index in [4.69, 9.17) is 18.9 Å². The van der Waals surface area contributed by atoms with E-state index in [1.807, 2.05) is 37.3 Å². The third-order valence-electron chi connectivity index (χ3n) is 5.30. The van der Waals surface area contributed by atoms with E-state index < -0.39 is 0 Å². The summed E-state index contributed by atoms with van der Waals surface area (Å²) in [4.78, 5) is 12.6. The summed E-state index contributed by atoms with van der Waals surface area (Å²) in [6.45, 7) is 2.66. The Kier molecular flexibility index (Phi) is 6.19. The maximum atomic E-state index is 12.6. The SMILES string of the molecule is COc1ccc(C(=O)COc2c(C)cc(OC3CCCCO3)c3ccccc23)cc1. The van der Waals surface area contributed by atoms with Crippen LogP contribution in [0.25, 0.3) is 10.8 Å². The molecule has 1 fully saturated rings. The van der Waals surface area contributed by atoms with Crippen molar-refractivity contribution in [3.05, 3.63) is 65.7 Å². The number of aryl methyl sites for hydroxylation is 1. The van der Waals surface area contributed by atoms with Crippen molar-refractivity contribution in [1.29, 1.82) is 0 Å². The normalized spacial score (nSPS) is 16.3. The summed E-state index contributed by atoms with van der Waals surface area (Å²) < 4.78 is 23.0. The molecule has 30 heavy (non-hydrogen) atoms. The highest BCUT2D eigenvalue weighted by molar-refractivity contribution is 5.98. The lowest BCUT2D eigenvalue weighted by Gasteiger charge is -2.25. The molecule has 1 unspecified atom stereocenters. The van der Waals surface area contributed by atoms with E-state index in [0.29, 0.717) is 17.1 Å². The molecule has 0 amide bonds. The minimum Gasteiger partial charge on any atom is -0.497 e. The van der Waals surface area contributed by atoms with Gasteiger partial charge in [0.15, 0.2) is 18.7 Å². The summed E-state index contributed by atoms with van der Waals surface area (Å²) >= 11 is 0. The predicted molar refractivity (Wildman–Crippen MR) is 116 cm³/mol. The van der Waals surface area contributed by atoms with Gasteiger partial charge in [0.1, 0.15) is 17.2 Å². The first-order valence-electron chi connectivity index (χ1n) is 10.3. The van der Waals surface area contributed by atoms with Gasteiger partial charge in [-0.05, 0) is 55.7 Å². The van der Waals surface area contributed by atoms with Crippen molar-refractivity contribution in [2.24, 2.45) is 0 Å². The Morgan fingerprint density at radius 3 is 2.53 bits per heavy atom. The Morgan fingerprint density at radius 2 is 1.83 bits per heavy atom. The molecular weight excluding hydrogens is 380 g/mol. The fourth-order valence-corrected chi connectivity index (χ4v) is 3.68. The molecular formula is C25H26O5. The second kappa shape index (κ2) is 9.18. The molecule has 0 saturated carbocycles. The Balaban J connectivity index is 1.55. The van der Waals surface area contributed by atoms with Crippen LogP contribution in [0.5, 0.6) is 17.2 Å². The van der Waals surface area contributed by atoms with Gasteiger partial charge in [-0.25, -0.2) is 0 Å². The van der Waals surface area contributed by atoms with Crippen LogP contribution < -0.4 is 14.2 Å². The average molecular weight is 406 g/mol. The molecule has 1 heterocycles. The van der Waals surface area contributed by atoms with Crippen molar-refractivity contribution in [2.75, 3.05) is 20.3 Å². The molecule has 156 valence electrons. The number of carbonyl (C=O) groups excluding carboxylic acids is 1. The zero-order valence-corrected chi connectivity index (χ0v) is 17.4. The van der Waals surface area contributed by atoms with Gasteiger partial charge in [0.05, 0.1) is 13.7 Å². The van der Waals surface area contributed by atoms with Gasteiger partial charge in [0.2, 0.25) is 0 Å². The van der Waals surface area contributed by atoms with Crippen LogP contribution in [0, 0.1) is 6.92 Å². The molecule has 3 aromatic carbocycles. The van der Waals surface area contributed by atoms with Gasteiger partial charge in [-0.3, -0.25) is 4.79 Å². The fourth-order valence-electron chi connectivity index (χ4n) is 3.68. The van der Waals surface area contributed by atoms with Crippen LogP contribution in [0.15, 0.2) is 54.6 Å². The predicted octanol–water partition coefficient (Wildman–Crippen LogP) is 5.32. The number of methoxy groups -OCH3 is 1. The zero-order chi connectivity index (χ0) is 20.9. The molecule has 0 spiro atoms. The van der Waals surface area contributed by atoms with Gasteiger partial charge in [-0.2, -0.15) is 0 Å². The highest BCUT2D eigenvalue weighted by Crippen LogP contribution is 2.37. The number of carbonyl (C=O) groups is 1. The first-order chi connectivity index (χ1) is 14.7. The van der Waals surface area contributed by atoms with E-state index in [1.165, 1.54) is 0 Å². The van der Waals surface area contributed by atoms with Crippen LogP contribution in [-0.4, -0.2) is 32.4 Å². The maximum absolute atomic E-state index is 12.6. The maximum Gasteiger partial charge on any atom is 0.200 e. The van der Waals surface area contributed by atoms with Gasteiger partial charge in [-0.15, -0.1) is 0 Å². The van der Waals surface area contributed by atoms with Crippen molar-refractivity contribution < 1.29 is 23.7 Å². The topological polar surface area (TPSA) is 54.0 Å². The summed E-state index contributed by atoms with van der Waals surface area (Å²) in [5, 5.41) is 1.87. The second-order valence-corrected chi connectivity index (χ2v) is 7.42. The van der Waals surface area contributed by atoms with E-state index >= 15 is 0 Å². The first kappa shape index (κ1) is 20.2. The van der Waals surface area contributed by atoms with Gasteiger partial charge in [0.25, 0.3) is 0 Å². The summed E-state index contributed by atoms with van der Waals surface area (Å²) in [5.74, 6) is 2.11. The van der Waals surface area contributed by atoms with Crippen molar-refractivity contribution in [3.63, 3.8) is 0 Å². The number of ketones is 1. The standard InChI is InChI=1S/C25H26O5/c1-17-15-23(30-24-9-5-6-14-28-24)20-7-3-4-8-21(20)25(17)29-16-22(26)18-10-12-19(27-2)13-11-18/h3-4,7-8,10-13,15,24H,5-6,9,14,16H2,1-2H3. The Morgan fingerprint density at radius 1 is 1.07 bits per heavy atom. The Bertz CT molecular complexity index is 1020. The Hall–Kier alpha value is -3.05. The molecule has 0 aliphatic carbocycles. The van der Waals surface area contributed by atoms with Crippen molar-refractivity contribution >= 4 is 16.6 Å². The smallest absolute Gasteiger partial charge is 0.200 e. The fraction of sp³-hybridized carbons (Fsp3) is 0.320. The minimum atomic E-state index is -0.218. The van der Waals surface area contributed by atoms with Gasteiger partial charge in [0, 0.05) is 22.8 Å². The summed E-state index contributed by atoms with van der Waals surface area (Å²) in [6.07, 6.45) is 2.86. The lowest BCUT2D eigenvalue weighted by Crippen LogP contribution is -2.25. The number of fused-ring (bicyclic) bond motifs is 1. The van der Waals surface area contributed by atoms with Crippen LogP contribution in [0.1, 0.15) is 35.2 Å². The second-order valence-electron chi connectivity index (χ2n) is 7.42. The van der Waals surface area contributed by atoms with Crippen molar-refractivity contribution in [3.8, 4) is 17.2 Å². The lowest BCUT2D eigenvalue weighted by atomic mass is 10.0. The highest BCUT2D eigenvalue weighted by atomic mass is 16.7. The highest BCUT2D eigenvalue weighted by Gasteiger charge is 2.19. The van der Waals surface area contributed by atoms with Crippen molar-refractivity contribution in [2.45, 2.75) is 32.5 Å². The summed E-state index contributed by atoms with van der Waals surface area (Å²) in [6, 6.07) is 16.9. The quantitative estimate of drug-likeness (QED) is 0.497. The monoisotopic (exact) mass is 406 g/mol. The molecule has 0 radical (unpaired) electrons. The van der Waals surface area contributed by atoms with Gasteiger partial charge < -0.3 is 18.9 Å².